The van der Waals surface area contributed by atoms with Crippen molar-refractivity contribution in [3.63, 3.8) is 0 Å². The predicted molar refractivity (Wildman–Crippen MR) is 62.2 cm³/mol. The van der Waals surface area contributed by atoms with Gasteiger partial charge >= 0.3 is 5.97 Å². The molecule has 0 N–H and O–H groups in total. The second kappa shape index (κ2) is 5.35. The highest BCUT2D eigenvalue weighted by atomic mass is 16.7. The number of esters is 1. The minimum atomic E-state index is -0.619. The second-order valence-corrected chi connectivity index (χ2v) is 3.68. The molecule has 0 aromatic heterocycles. The van der Waals surface area contributed by atoms with Crippen molar-refractivity contribution >= 4 is 5.97 Å². The molecule has 0 aliphatic heterocycles. The number of aryl methyl sites for hydroxylation is 1. The van der Waals surface area contributed by atoms with Crippen molar-refractivity contribution in [2.45, 2.75) is 27.1 Å². The average molecular weight is 220 g/mol. The maximum atomic E-state index is 11.2. The zero-order chi connectivity index (χ0) is 12.1. The summed E-state index contributed by atoms with van der Waals surface area (Å²) >= 11 is 0. The number of ether oxygens (including phenoxy) is 2. The summed E-state index contributed by atoms with van der Waals surface area (Å²) in [5.41, 5.74) is 1.51. The molecule has 0 spiro atoms. The van der Waals surface area contributed by atoms with E-state index in [1.807, 2.05) is 31.2 Å². The molecule has 86 valence electrons. The van der Waals surface area contributed by atoms with E-state index >= 15 is 0 Å². The minimum absolute atomic E-state index is 0.361. The van der Waals surface area contributed by atoms with Gasteiger partial charge in [0.25, 0.3) is 0 Å². The Balaban J connectivity index is 2.51. The molecule has 0 saturated heterocycles. The van der Waals surface area contributed by atoms with E-state index < -0.39 is 12.3 Å². The van der Waals surface area contributed by atoms with Gasteiger partial charge in [0.05, 0.1) is 0 Å². The molecule has 0 aliphatic rings. The van der Waals surface area contributed by atoms with Crippen molar-refractivity contribution in [2.75, 3.05) is 0 Å². The summed E-state index contributed by atoms with van der Waals surface area (Å²) in [6.45, 7) is 8.76. The molecule has 0 radical (unpaired) electrons. The number of carbonyl (C=O) groups excluding carboxylic acids is 1. The Bertz CT molecular complexity index is 379. The van der Waals surface area contributed by atoms with Gasteiger partial charge in [0.15, 0.2) is 0 Å². The van der Waals surface area contributed by atoms with Crippen molar-refractivity contribution in [3.05, 3.63) is 42.0 Å². The Labute approximate surface area is 95.7 Å². The summed E-state index contributed by atoms with van der Waals surface area (Å²) in [6.07, 6.45) is -0.619. The normalized spacial score (nSPS) is 11.7. The molecule has 3 heteroatoms. The lowest BCUT2D eigenvalue weighted by Crippen LogP contribution is -2.21. The first kappa shape index (κ1) is 12.3. The molecular weight excluding hydrogens is 204 g/mol. The van der Waals surface area contributed by atoms with E-state index in [1.165, 1.54) is 0 Å². The largest absolute Gasteiger partial charge is 0.455 e. The summed E-state index contributed by atoms with van der Waals surface area (Å²) in [5, 5.41) is 0. The molecule has 16 heavy (non-hydrogen) atoms. The summed E-state index contributed by atoms with van der Waals surface area (Å²) in [6, 6.07) is 7.53. The highest BCUT2D eigenvalue weighted by Crippen LogP contribution is 2.14. The van der Waals surface area contributed by atoms with Crippen LogP contribution in [0.15, 0.2) is 36.4 Å². The quantitative estimate of drug-likeness (QED) is 0.444. The Hall–Kier alpha value is -1.77. The van der Waals surface area contributed by atoms with E-state index in [4.69, 9.17) is 9.47 Å². The van der Waals surface area contributed by atoms with Crippen molar-refractivity contribution in [1.82, 2.24) is 0 Å². The first-order valence-electron chi connectivity index (χ1n) is 5.09. The molecule has 1 aromatic carbocycles. The number of carbonyl (C=O) groups is 1. The van der Waals surface area contributed by atoms with Crippen molar-refractivity contribution in [3.8, 4) is 5.75 Å². The monoisotopic (exact) mass is 220 g/mol. The first-order chi connectivity index (χ1) is 7.49. The highest BCUT2D eigenvalue weighted by molar-refractivity contribution is 5.86. The fourth-order valence-corrected chi connectivity index (χ4v) is 1.08. The third-order valence-electron chi connectivity index (χ3n) is 1.94. The van der Waals surface area contributed by atoms with Crippen LogP contribution in [0.2, 0.25) is 0 Å². The maximum absolute atomic E-state index is 11.2. The maximum Gasteiger partial charge on any atom is 0.336 e. The van der Waals surface area contributed by atoms with Crippen molar-refractivity contribution in [1.29, 1.82) is 0 Å². The second-order valence-electron chi connectivity index (χ2n) is 3.68. The van der Waals surface area contributed by atoms with Gasteiger partial charge < -0.3 is 9.47 Å². The lowest BCUT2D eigenvalue weighted by molar-refractivity contribution is -0.156. The van der Waals surface area contributed by atoms with E-state index in [0.29, 0.717) is 11.3 Å². The van der Waals surface area contributed by atoms with Gasteiger partial charge in [-0.25, -0.2) is 4.79 Å². The van der Waals surface area contributed by atoms with Crippen LogP contribution in [0.4, 0.5) is 0 Å². The van der Waals surface area contributed by atoms with Gasteiger partial charge in [0.2, 0.25) is 6.29 Å². The zero-order valence-electron chi connectivity index (χ0n) is 9.82. The molecule has 0 heterocycles. The average Bonchev–Trinajstić information content (AvgIpc) is 2.21. The fraction of sp³-hybridized carbons (Fsp3) is 0.308. The van der Waals surface area contributed by atoms with E-state index in [2.05, 4.69) is 6.58 Å². The van der Waals surface area contributed by atoms with E-state index in [0.717, 1.165) is 5.56 Å². The number of benzene rings is 1. The zero-order valence-corrected chi connectivity index (χ0v) is 9.82. The number of rotatable bonds is 4. The topological polar surface area (TPSA) is 35.5 Å². The van der Waals surface area contributed by atoms with Crippen LogP contribution in [0.3, 0.4) is 0 Å². The van der Waals surface area contributed by atoms with Crippen LogP contribution >= 0.6 is 0 Å². The lowest BCUT2D eigenvalue weighted by Gasteiger charge is -2.15. The predicted octanol–water partition coefficient (Wildman–Crippen LogP) is 2.84. The Kier molecular flexibility index (Phi) is 4.11. The van der Waals surface area contributed by atoms with Crippen molar-refractivity contribution < 1.29 is 14.3 Å². The molecule has 0 amide bonds. The van der Waals surface area contributed by atoms with Crippen LogP contribution in [-0.4, -0.2) is 12.3 Å². The summed E-state index contributed by atoms with van der Waals surface area (Å²) in [5.74, 6) is 0.229. The first-order valence-corrected chi connectivity index (χ1v) is 5.09. The fourth-order valence-electron chi connectivity index (χ4n) is 1.08. The van der Waals surface area contributed by atoms with Gasteiger partial charge in [-0.05, 0) is 26.0 Å². The molecule has 0 saturated carbocycles. The van der Waals surface area contributed by atoms with E-state index in [-0.39, 0.29) is 0 Å². The van der Waals surface area contributed by atoms with Crippen LogP contribution in [0.5, 0.6) is 5.75 Å². The molecule has 1 atom stereocenters. The van der Waals surface area contributed by atoms with Crippen LogP contribution < -0.4 is 4.74 Å². The van der Waals surface area contributed by atoms with E-state index in [1.54, 1.807) is 13.8 Å². The Morgan fingerprint density at radius 1 is 1.31 bits per heavy atom. The third kappa shape index (κ3) is 3.77. The van der Waals surface area contributed by atoms with Gasteiger partial charge in [-0.1, -0.05) is 24.3 Å². The molecule has 0 aliphatic carbocycles. The Morgan fingerprint density at radius 2 is 1.88 bits per heavy atom. The third-order valence-corrected chi connectivity index (χ3v) is 1.94. The van der Waals surface area contributed by atoms with Gasteiger partial charge in [-0.3, -0.25) is 0 Å². The molecule has 1 unspecified atom stereocenters. The Morgan fingerprint density at radius 3 is 2.38 bits per heavy atom. The van der Waals surface area contributed by atoms with Gasteiger partial charge in [0, 0.05) is 12.5 Å². The molecule has 1 rings (SSSR count). The molecule has 3 nitrogen and oxygen atoms in total. The summed E-state index contributed by atoms with van der Waals surface area (Å²) in [4.78, 5) is 11.2. The van der Waals surface area contributed by atoms with Gasteiger partial charge in [0.1, 0.15) is 5.75 Å². The lowest BCUT2D eigenvalue weighted by atomic mass is 10.2. The van der Waals surface area contributed by atoms with Crippen LogP contribution in [-0.2, 0) is 9.53 Å². The summed E-state index contributed by atoms with van der Waals surface area (Å²) in [7, 11) is 0. The minimum Gasteiger partial charge on any atom is -0.455 e. The molecule has 1 aromatic rings. The number of hydrogen-bond acceptors (Lipinski definition) is 3. The van der Waals surface area contributed by atoms with Gasteiger partial charge in [-0.15, -0.1) is 0 Å². The van der Waals surface area contributed by atoms with Crippen LogP contribution in [0.1, 0.15) is 19.4 Å². The molecular formula is C13H16O3. The SMILES string of the molecule is C=C(C)C(=O)OC(C)Oc1ccc(C)cc1. The van der Waals surface area contributed by atoms with Crippen LogP contribution in [0.25, 0.3) is 0 Å². The standard InChI is InChI=1S/C13H16O3/c1-9(2)13(14)16-11(4)15-12-7-5-10(3)6-8-12/h5-8,11H,1H2,2-4H3. The molecule has 0 bridgehead atoms. The van der Waals surface area contributed by atoms with Gasteiger partial charge in [-0.2, -0.15) is 0 Å². The summed E-state index contributed by atoms with van der Waals surface area (Å²) < 4.78 is 10.4. The highest BCUT2D eigenvalue weighted by Gasteiger charge is 2.10. The number of hydrogen-bond donors (Lipinski definition) is 0. The van der Waals surface area contributed by atoms with Crippen molar-refractivity contribution in [2.24, 2.45) is 0 Å². The molecule has 0 fully saturated rings. The van der Waals surface area contributed by atoms with Crippen LogP contribution in [0, 0.1) is 6.92 Å². The smallest absolute Gasteiger partial charge is 0.336 e. The van der Waals surface area contributed by atoms with E-state index in [9.17, 15) is 4.79 Å².